The van der Waals surface area contributed by atoms with Crippen LogP contribution in [0.4, 0.5) is 5.69 Å². The molecule has 1 atom stereocenters. The predicted molar refractivity (Wildman–Crippen MR) is 111 cm³/mol. The van der Waals surface area contributed by atoms with E-state index in [0.717, 1.165) is 33.8 Å². The van der Waals surface area contributed by atoms with Crippen molar-refractivity contribution in [2.75, 3.05) is 18.0 Å². The maximum absolute atomic E-state index is 12.4. The van der Waals surface area contributed by atoms with Gasteiger partial charge < -0.3 is 10.2 Å². The number of aryl methyl sites for hydroxylation is 1. The number of benzene rings is 1. The molecule has 0 spiro atoms. The van der Waals surface area contributed by atoms with E-state index in [-0.39, 0.29) is 24.2 Å². The molecule has 2 amide bonds. The monoisotopic (exact) mass is 387 g/mol. The van der Waals surface area contributed by atoms with Gasteiger partial charge in [-0.3, -0.25) is 9.59 Å². The van der Waals surface area contributed by atoms with Gasteiger partial charge in [-0.25, -0.2) is 4.98 Å². The highest BCUT2D eigenvalue weighted by Gasteiger charge is 2.35. The van der Waals surface area contributed by atoms with Crippen LogP contribution in [0.2, 0.25) is 0 Å². The van der Waals surface area contributed by atoms with Gasteiger partial charge in [-0.15, -0.1) is 11.3 Å². The van der Waals surface area contributed by atoms with Crippen molar-refractivity contribution in [3.8, 4) is 0 Å². The Labute approximate surface area is 165 Å². The Morgan fingerprint density at radius 1 is 1.26 bits per heavy atom. The zero-order chi connectivity index (χ0) is 19.2. The second-order valence-corrected chi connectivity index (χ2v) is 8.58. The molecular formula is C21H29N3O2S. The maximum Gasteiger partial charge on any atom is 0.227 e. The molecule has 2 aromatic rings. The lowest BCUT2D eigenvalue weighted by Gasteiger charge is -2.16. The fraction of sp³-hybridized carbons (Fsp3) is 0.571. The van der Waals surface area contributed by atoms with Crippen LogP contribution in [0.5, 0.6) is 0 Å². The molecule has 146 valence electrons. The Hall–Kier alpha value is -1.95. The summed E-state index contributed by atoms with van der Waals surface area (Å²) in [5.74, 6) is -0.239. The molecule has 27 heavy (non-hydrogen) atoms. The van der Waals surface area contributed by atoms with Crippen molar-refractivity contribution in [1.29, 1.82) is 0 Å². The highest BCUT2D eigenvalue weighted by Crippen LogP contribution is 2.30. The Kier molecular flexibility index (Phi) is 6.83. The fourth-order valence-corrected chi connectivity index (χ4v) is 4.40. The van der Waals surface area contributed by atoms with Crippen LogP contribution in [0.1, 0.15) is 56.9 Å². The van der Waals surface area contributed by atoms with E-state index in [2.05, 4.69) is 17.2 Å². The lowest BCUT2D eigenvalue weighted by molar-refractivity contribution is -0.126. The van der Waals surface area contributed by atoms with E-state index in [1.54, 1.807) is 16.2 Å². The molecule has 1 aromatic heterocycles. The highest BCUT2D eigenvalue weighted by molar-refractivity contribution is 7.18. The Balaban J connectivity index is 1.49. The molecule has 3 rings (SSSR count). The number of carbonyl (C=O) groups is 2. The largest absolute Gasteiger partial charge is 0.356 e. The van der Waals surface area contributed by atoms with Crippen LogP contribution in [0.3, 0.4) is 0 Å². The number of fused-ring (bicyclic) bond motifs is 1. The van der Waals surface area contributed by atoms with Gasteiger partial charge in [-0.05, 0) is 31.5 Å². The SMILES string of the molecule is CCCCCCCCNC(=O)C1CC(=O)N(c2ccc3sc(C)nc3c2)C1. The quantitative estimate of drug-likeness (QED) is 0.647. The van der Waals surface area contributed by atoms with Crippen LogP contribution in [-0.4, -0.2) is 29.9 Å². The fourth-order valence-electron chi connectivity index (χ4n) is 3.59. The predicted octanol–water partition coefficient (Wildman–Crippen LogP) is 4.43. The minimum absolute atomic E-state index is 0.00462. The second-order valence-electron chi connectivity index (χ2n) is 7.35. The maximum atomic E-state index is 12.4. The average molecular weight is 388 g/mol. The first kappa shape index (κ1) is 19.8. The van der Waals surface area contributed by atoms with Gasteiger partial charge in [0.2, 0.25) is 11.8 Å². The number of nitrogens with zero attached hydrogens (tertiary/aromatic N) is 2. The first-order valence-corrected chi connectivity index (χ1v) is 10.9. The van der Waals surface area contributed by atoms with Crippen molar-refractivity contribution >= 4 is 39.1 Å². The number of anilines is 1. The van der Waals surface area contributed by atoms with E-state index in [1.807, 2.05) is 25.1 Å². The molecule has 2 heterocycles. The summed E-state index contributed by atoms with van der Waals surface area (Å²) < 4.78 is 1.12. The molecule has 6 heteroatoms. The number of thiazole rings is 1. The molecule has 5 nitrogen and oxygen atoms in total. The van der Waals surface area contributed by atoms with E-state index in [0.29, 0.717) is 13.1 Å². The van der Waals surface area contributed by atoms with Gasteiger partial charge in [0.15, 0.2) is 0 Å². The molecule has 1 aromatic carbocycles. The lowest BCUT2D eigenvalue weighted by atomic mass is 10.1. The summed E-state index contributed by atoms with van der Waals surface area (Å²) in [4.78, 5) is 31.1. The first-order valence-electron chi connectivity index (χ1n) is 10.0. The molecule has 0 radical (unpaired) electrons. The summed E-state index contributed by atoms with van der Waals surface area (Å²) in [5.41, 5.74) is 1.75. The van der Waals surface area contributed by atoms with Crippen molar-refractivity contribution in [2.24, 2.45) is 5.92 Å². The Bertz CT molecular complexity index is 802. The number of amides is 2. The summed E-state index contributed by atoms with van der Waals surface area (Å²) in [6.45, 7) is 5.35. The number of hydrogen-bond donors (Lipinski definition) is 1. The van der Waals surface area contributed by atoms with Gasteiger partial charge in [0.25, 0.3) is 0 Å². The topological polar surface area (TPSA) is 62.3 Å². The summed E-state index contributed by atoms with van der Waals surface area (Å²) in [6, 6.07) is 5.91. The van der Waals surface area contributed by atoms with Crippen molar-refractivity contribution in [3.05, 3.63) is 23.2 Å². The van der Waals surface area contributed by atoms with E-state index < -0.39 is 0 Å². The van der Waals surface area contributed by atoms with Gasteiger partial charge in [-0.1, -0.05) is 39.0 Å². The molecule has 1 aliphatic rings. The zero-order valence-electron chi connectivity index (χ0n) is 16.3. The minimum atomic E-state index is -0.259. The lowest BCUT2D eigenvalue weighted by Crippen LogP contribution is -2.33. The molecule has 1 fully saturated rings. The van der Waals surface area contributed by atoms with Gasteiger partial charge >= 0.3 is 0 Å². The number of carbonyl (C=O) groups excluding carboxylic acids is 2. The molecule has 1 N–H and O–H groups in total. The van der Waals surface area contributed by atoms with Crippen molar-refractivity contribution in [3.63, 3.8) is 0 Å². The normalized spacial score (nSPS) is 17.0. The Morgan fingerprint density at radius 3 is 2.85 bits per heavy atom. The van der Waals surface area contributed by atoms with Crippen LogP contribution >= 0.6 is 11.3 Å². The molecule has 0 saturated carbocycles. The zero-order valence-corrected chi connectivity index (χ0v) is 17.1. The third kappa shape index (κ3) is 5.06. The number of hydrogen-bond acceptors (Lipinski definition) is 4. The van der Waals surface area contributed by atoms with Crippen LogP contribution in [0.15, 0.2) is 18.2 Å². The van der Waals surface area contributed by atoms with Gasteiger partial charge in [-0.2, -0.15) is 0 Å². The minimum Gasteiger partial charge on any atom is -0.356 e. The molecule has 0 bridgehead atoms. The van der Waals surface area contributed by atoms with Gasteiger partial charge in [0, 0.05) is 25.2 Å². The molecule has 1 aliphatic heterocycles. The van der Waals surface area contributed by atoms with Crippen LogP contribution in [0, 0.1) is 12.8 Å². The van der Waals surface area contributed by atoms with E-state index in [9.17, 15) is 9.59 Å². The second kappa shape index (κ2) is 9.31. The number of unbranched alkanes of at least 4 members (excludes halogenated alkanes) is 5. The average Bonchev–Trinajstić information content (AvgIpc) is 3.21. The third-order valence-electron chi connectivity index (χ3n) is 5.12. The van der Waals surface area contributed by atoms with E-state index >= 15 is 0 Å². The van der Waals surface area contributed by atoms with E-state index in [4.69, 9.17) is 0 Å². The van der Waals surface area contributed by atoms with Crippen molar-refractivity contribution in [2.45, 2.75) is 58.8 Å². The number of rotatable bonds is 9. The first-order chi connectivity index (χ1) is 13.1. The number of aromatic nitrogens is 1. The molecule has 0 aliphatic carbocycles. The summed E-state index contributed by atoms with van der Waals surface area (Å²) in [7, 11) is 0. The van der Waals surface area contributed by atoms with Crippen molar-refractivity contribution in [1.82, 2.24) is 10.3 Å². The molecular weight excluding hydrogens is 358 g/mol. The standard InChI is InChI=1S/C21H29N3O2S/c1-3-4-5-6-7-8-11-22-21(26)16-12-20(25)24(14-16)17-9-10-19-18(13-17)23-15(2)27-19/h9-10,13,16H,3-8,11-12,14H2,1-2H3,(H,22,26). The number of nitrogens with one attached hydrogen (secondary N) is 1. The van der Waals surface area contributed by atoms with Crippen LogP contribution < -0.4 is 10.2 Å². The Morgan fingerprint density at radius 2 is 2.04 bits per heavy atom. The summed E-state index contributed by atoms with van der Waals surface area (Å²) >= 11 is 1.65. The smallest absolute Gasteiger partial charge is 0.227 e. The van der Waals surface area contributed by atoms with E-state index in [1.165, 1.54) is 25.7 Å². The summed E-state index contributed by atoms with van der Waals surface area (Å²) in [6.07, 6.45) is 7.51. The summed E-state index contributed by atoms with van der Waals surface area (Å²) in [5, 5.41) is 4.03. The van der Waals surface area contributed by atoms with Crippen LogP contribution in [0.25, 0.3) is 10.2 Å². The van der Waals surface area contributed by atoms with Crippen molar-refractivity contribution < 1.29 is 9.59 Å². The highest BCUT2D eigenvalue weighted by atomic mass is 32.1. The van der Waals surface area contributed by atoms with Gasteiger partial charge in [0.1, 0.15) is 0 Å². The molecule has 1 unspecified atom stereocenters. The van der Waals surface area contributed by atoms with Crippen LogP contribution in [-0.2, 0) is 9.59 Å². The third-order valence-corrected chi connectivity index (χ3v) is 6.07. The molecule has 1 saturated heterocycles. The van der Waals surface area contributed by atoms with Gasteiger partial charge in [0.05, 0.1) is 21.1 Å².